The highest BCUT2D eigenvalue weighted by atomic mass is 16.2. The number of hydrogen-bond acceptors (Lipinski definition) is 5. The highest BCUT2D eigenvalue weighted by molar-refractivity contribution is 6.01. The third-order valence-electron chi connectivity index (χ3n) is 5.88. The van der Waals surface area contributed by atoms with E-state index >= 15 is 0 Å². The number of carbonyl (C=O) groups is 2. The lowest BCUT2D eigenvalue weighted by Crippen LogP contribution is -2.27. The Morgan fingerprint density at radius 3 is 2.55 bits per heavy atom. The van der Waals surface area contributed by atoms with Crippen molar-refractivity contribution in [3.05, 3.63) is 65.9 Å². The van der Waals surface area contributed by atoms with E-state index < -0.39 is 0 Å². The molecule has 0 aliphatic carbocycles. The van der Waals surface area contributed by atoms with Crippen molar-refractivity contribution in [1.82, 2.24) is 14.9 Å². The van der Waals surface area contributed by atoms with Crippen molar-refractivity contribution in [1.29, 1.82) is 0 Å². The van der Waals surface area contributed by atoms with Crippen LogP contribution >= 0.6 is 0 Å². The maximum Gasteiger partial charge on any atom is 0.253 e. The number of nitrogens with zero attached hydrogens (tertiary/aromatic N) is 4. The highest BCUT2D eigenvalue weighted by Crippen LogP contribution is 2.35. The van der Waals surface area contributed by atoms with Crippen molar-refractivity contribution in [3.8, 4) is 11.3 Å². The van der Waals surface area contributed by atoms with Gasteiger partial charge in [0.25, 0.3) is 5.91 Å². The van der Waals surface area contributed by atoms with Gasteiger partial charge in [0.1, 0.15) is 0 Å². The molecular weight excluding hydrogens is 390 g/mol. The van der Waals surface area contributed by atoms with Crippen LogP contribution in [0.4, 0.5) is 17.3 Å². The molecule has 3 aromatic rings. The van der Waals surface area contributed by atoms with E-state index in [1.807, 2.05) is 53.4 Å². The van der Waals surface area contributed by atoms with Crippen LogP contribution in [0.3, 0.4) is 0 Å². The Kier molecular flexibility index (Phi) is 4.86. The molecule has 1 N–H and O–H groups in total. The molecule has 0 bridgehead atoms. The summed E-state index contributed by atoms with van der Waals surface area (Å²) in [7, 11) is 1.78. The molecular formula is C24H23N5O2. The zero-order chi connectivity index (χ0) is 21.4. The molecule has 2 aliphatic rings. The highest BCUT2D eigenvalue weighted by Gasteiger charge is 2.25. The first-order valence-corrected chi connectivity index (χ1v) is 10.5. The van der Waals surface area contributed by atoms with Crippen LogP contribution in [0.25, 0.3) is 11.3 Å². The normalized spacial score (nSPS) is 15.3. The van der Waals surface area contributed by atoms with Gasteiger partial charge in [0.05, 0.1) is 17.8 Å². The number of rotatable bonds is 3. The summed E-state index contributed by atoms with van der Waals surface area (Å²) >= 11 is 0. The number of likely N-dealkylation sites (tertiary alicyclic amines) is 1. The van der Waals surface area contributed by atoms with Gasteiger partial charge in [-0.25, -0.2) is 9.97 Å². The molecule has 2 aliphatic heterocycles. The second-order valence-electron chi connectivity index (χ2n) is 7.92. The van der Waals surface area contributed by atoms with Crippen LogP contribution in [0.2, 0.25) is 0 Å². The third-order valence-corrected chi connectivity index (χ3v) is 5.88. The molecule has 0 unspecified atom stereocenters. The number of likely N-dealkylation sites (N-methyl/N-ethyl adjacent to an activating group) is 1. The van der Waals surface area contributed by atoms with E-state index in [1.165, 1.54) is 0 Å². The van der Waals surface area contributed by atoms with E-state index in [0.717, 1.165) is 54.1 Å². The molecule has 2 amide bonds. The molecule has 0 spiro atoms. The summed E-state index contributed by atoms with van der Waals surface area (Å²) in [6.45, 7) is 1.67. The van der Waals surface area contributed by atoms with E-state index in [1.54, 1.807) is 18.1 Å². The average molecular weight is 413 g/mol. The first-order valence-electron chi connectivity index (χ1n) is 10.5. The van der Waals surface area contributed by atoms with Gasteiger partial charge in [-0.05, 0) is 43.2 Å². The minimum atomic E-state index is 0.00812. The van der Waals surface area contributed by atoms with Gasteiger partial charge < -0.3 is 15.1 Å². The van der Waals surface area contributed by atoms with E-state index in [9.17, 15) is 9.59 Å². The van der Waals surface area contributed by atoms with Crippen LogP contribution in [0, 0.1) is 0 Å². The molecule has 0 radical (unpaired) electrons. The lowest BCUT2D eigenvalue weighted by atomic mass is 10.1. The second kappa shape index (κ2) is 7.83. The van der Waals surface area contributed by atoms with E-state index in [0.29, 0.717) is 11.5 Å². The maximum atomic E-state index is 12.5. The topological polar surface area (TPSA) is 78.4 Å². The predicted octanol–water partition coefficient (Wildman–Crippen LogP) is 3.64. The summed E-state index contributed by atoms with van der Waals surface area (Å²) in [5.41, 5.74) is 4.79. The molecule has 2 aromatic carbocycles. The Morgan fingerprint density at radius 1 is 1.03 bits per heavy atom. The quantitative estimate of drug-likeness (QED) is 0.709. The molecule has 5 rings (SSSR count). The molecule has 156 valence electrons. The second-order valence-corrected chi connectivity index (χ2v) is 7.92. The van der Waals surface area contributed by atoms with E-state index in [4.69, 9.17) is 4.98 Å². The van der Waals surface area contributed by atoms with Crippen molar-refractivity contribution in [2.45, 2.75) is 19.3 Å². The summed E-state index contributed by atoms with van der Waals surface area (Å²) in [4.78, 5) is 37.8. The molecule has 7 heteroatoms. The van der Waals surface area contributed by atoms with Gasteiger partial charge in [0.15, 0.2) is 0 Å². The fourth-order valence-electron chi connectivity index (χ4n) is 4.14. The third kappa shape index (κ3) is 3.63. The summed E-state index contributed by atoms with van der Waals surface area (Å²) in [5.74, 6) is 0.536. The molecule has 0 atom stereocenters. The lowest BCUT2D eigenvalue weighted by molar-refractivity contribution is -0.117. The maximum absolute atomic E-state index is 12.5. The van der Waals surface area contributed by atoms with Gasteiger partial charge in [-0.2, -0.15) is 0 Å². The van der Waals surface area contributed by atoms with Crippen LogP contribution in [0.15, 0.2) is 54.7 Å². The van der Waals surface area contributed by atoms with Crippen LogP contribution in [0.5, 0.6) is 0 Å². The number of para-hydroxylation sites is 1. The monoisotopic (exact) mass is 413 g/mol. The van der Waals surface area contributed by atoms with Gasteiger partial charge >= 0.3 is 0 Å². The van der Waals surface area contributed by atoms with Gasteiger partial charge in [-0.15, -0.1) is 0 Å². The molecule has 31 heavy (non-hydrogen) atoms. The van der Waals surface area contributed by atoms with Gasteiger partial charge in [-0.3, -0.25) is 9.59 Å². The Hall–Kier alpha value is -3.74. The van der Waals surface area contributed by atoms with Gasteiger partial charge in [0, 0.05) is 48.7 Å². The number of benzene rings is 2. The molecule has 1 saturated heterocycles. The first-order chi connectivity index (χ1) is 15.1. The smallest absolute Gasteiger partial charge is 0.253 e. The Morgan fingerprint density at radius 2 is 1.77 bits per heavy atom. The lowest BCUT2D eigenvalue weighted by Gasteiger charge is -2.17. The van der Waals surface area contributed by atoms with Crippen LogP contribution in [-0.2, 0) is 11.2 Å². The molecule has 1 aromatic heterocycles. The Bertz CT molecular complexity index is 1150. The fourth-order valence-corrected chi connectivity index (χ4v) is 4.14. The molecule has 3 heterocycles. The molecule has 0 saturated carbocycles. The zero-order valence-electron chi connectivity index (χ0n) is 17.3. The van der Waals surface area contributed by atoms with Crippen LogP contribution < -0.4 is 10.2 Å². The van der Waals surface area contributed by atoms with E-state index in [2.05, 4.69) is 10.3 Å². The zero-order valence-corrected chi connectivity index (χ0v) is 17.3. The number of amides is 2. The number of fused-ring (bicyclic) bond motifs is 3. The van der Waals surface area contributed by atoms with Crippen molar-refractivity contribution in [3.63, 3.8) is 0 Å². The van der Waals surface area contributed by atoms with Crippen LogP contribution in [0.1, 0.15) is 28.8 Å². The minimum absolute atomic E-state index is 0.00812. The minimum Gasteiger partial charge on any atom is -0.339 e. The number of hydrogen-bond donors (Lipinski definition) is 1. The number of carbonyl (C=O) groups excluding carboxylic acids is 2. The first kappa shape index (κ1) is 19.2. The fraction of sp³-hybridized carbons (Fsp3) is 0.250. The molecule has 1 fully saturated rings. The van der Waals surface area contributed by atoms with Crippen LogP contribution in [-0.4, -0.2) is 46.8 Å². The van der Waals surface area contributed by atoms with Crippen molar-refractivity contribution < 1.29 is 9.59 Å². The Labute approximate surface area is 180 Å². The molecule has 7 nitrogen and oxygen atoms in total. The van der Waals surface area contributed by atoms with Crippen molar-refractivity contribution >= 4 is 29.1 Å². The van der Waals surface area contributed by atoms with Gasteiger partial charge in [-0.1, -0.05) is 18.2 Å². The number of anilines is 3. The average Bonchev–Trinajstić information content (AvgIpc) is 3.31. The SMILES string of the molecule is CN1C(=O)Cc2cnc(Nc3ccc(C(=O)N4CCCC4)cc3)nc2-c2ccccc21. The Balaban J connectivity index is 1.41. The summed E-state index contributed by atoms with van der Waals surface area (Å²) < 4.78 is 0. The van der Waals surface area contributed by atoms with Gasteiger partial charge in [0.2, 0.25) is 11.9 Å². The van der Waals surface area contributed by atoms with Crippen molar-refractivity contribution in [2.75, 3.05) is 30.4 Å². The van der Waals surface area contributed by atoms with E-state index in [-0.39, 0.29) is 18.2 Å². The van der Waals surface area contributed by atoms with Crippen molar-refractivity contribution in [2.24, 2.45) is 0 Å². The summed E-state index contributed by atoms with van der Waals surface area (Å²) in [6.07, 6.45) is 4.12. The number of aromatic nitrogens is 2. The summed E-state index contributed by atoms with van der Waals surface area (Å²) in [6, 6.07) is 15.1. The summed E-state index contributed by atoms with van der Waals surface area (Å²) in [5, 5.41) is 3.22. The largest absolute Gasteiger partial charge is 0.339 e. The standard InChI is InChI=1S/C24H23N5O2/c1-28-20-7-3-2-6-19(20)22-17(14-21(28)30)15-25-24(27-22)26-18-10-8-16(9-11-18)23(31)29-12-4-5-13-29/h2-3,6-11,15H,4-5,12-14H2,1H3,(H,25,26,27). The predicted molar refractivity (Wildman–Crippen MR) is 119 cm³/mol. The number of nitrogens with one attached hydrogen (secondary N) is 1.